The zero-order chi connectivity index (χ0) is 15.3. The van der Waals surface area contributed by atoms with Crippen molar-refractivity contribution in [1.29, 1.82) is 0 Å². The molecule has 1 aromatic rings. The Morgan fingerprint density at radius 3 is 2.55 bits per heavy atom. The van der Waals surface area contributed by atoms with Gasteiger partial charge in [-0.3, -0.25) is 4.79 Å². The van der Waals surface area contributed by atoms with Crippen LogP contribution in [0, 0.1) is 0 Å². The van der Waals surface area contributed by atoms with Gasteiger partial charge in [0.05, 0.1) is 11.1 Å². The van der Waals surface area contributed by atoms with Crippen LogP contribution in [-0.2, 0) is 6.18 Å². The van der Waals surface area contributed by atoms with Crippen LogP contribution in [0.5, 0.6) is 0 Å². The highest BCUT2D eigenvalue weighted by molar-refractivity contribution is 9.10. The van der Waals surface area contributed by atoms with Crippen molar-refractivity contribution in [2.45, 2.75) is 12.6 Å². The number of nitrogens with zero attached hydrogens (tertiary/aromatic N) is 1. The van der Waals surface area contributed by atoms with Crippen LogP contribution in [0.3, 0.4) is 0 Å². The fourth-order valence-electron chi connectivity index (χ4n) is 1.57. The molecule has 0 fully saturated rings. The minimum atomic E-state index is -4.46. The van der Waals surface area contributed by atoms with Gasteiger partial charge in [0, 0.05) is 11.0 Å². The second-order valence-corrected chi connectivity index (χ2v) is 5.46. The second kappa shape index (κ2) is 7.08. The molecule has 0 bridgehead atoms. The first-order valence-corrected chi connectivity index (χ1v) is 6.81. The van der Waals surface area contributed by atoms with E-state index < -0.39 is 17.6 Å². The molecule has 0 heterocycles. The van der Waals surface area contributed by atoms with Gasteiger partial charge in [0.15, 0.2) is 0 Å². The smallest absolute Gasteiger partial charge is 0.352 e. The number of carbonyl (C=O) groups excluding carboxylic acids is 1. The SMILES string of the molecule is CN(C)CCCNC(=O)c1cc(C(F)(F)F)ccc1Br. The number of benzene rings is 1. The number of nitrogens with one attached hydrogen (secondary N) is 1. The van der Waals surface area contributed by atoms with Crippen LogP contribution in [0.15, 0.2) is 22.7 Å². The first kappa shape index (κ1) is 17.0. The van der Waals surface area contributed by atoms with Gasteiger partial charge >= 0.3 is 6.18 Å². The Kier molecular flexibility index (Phi) is 6.01. The third-order valence-electron chi connectivity index (χ3n) is 2.61. The summed E-state index contributed by atoms with van der Waals surface area (Å²) in [6.07, 6.45) is -3.73. The third-order valence-corrected chi connectivity index (χ3v) is 3.30. The fraction of sp³-hybridized carbons (Fsp3) is 0.462. The number of rotatable bonds is 5. The van der Waals surface area contributed by atoms with E-state index in [0.29, 0.717) is 11.0 Å². The third kappa shape index (κ3) is 5.13. The average Bonchev–Trinajstić information content (AvgIpc) is 2.33. The average molecular weight is 353 g/mol. The molecule has 3 nitrogen and oxygen atoms in total. The molecule has 0 saturated carbocycles. The molecule has 1 rings (SSSR count). The monoisotopic (exact) mass is 352 g/mol. The predicted octanol–water partition coefficient (Wildman–Crippen LogP) is 3.15. The van der Waals surface area contributed by atoms with Gasteiger partial charge in [-0.05, 0) is 61.2 Å². The van der Waals surface area contributed by atoms with Crippen molar-refractivity contribution >= 4 is 21.8 Å². The lowest BCUT2D eigenvalue weighted by atomic mass is 10.1. The van der Waals surface area contributed by atoms with Crippen molar-refractivity contribution < 1.29 is 18.0 Å². The molecule has 1 amide bonds. The first-order valence-electron chi connectivity index (χ1n) is 6.01. The molecular weight excluding hydrogens is 337 g/mol. The van der Waals surface area contributed by atoms with Crippen molar-refractivity contribution in [3.05, 3.63) is 33.8 Å². The Hall–Kier alpha value is -1.08. The van der Waals surface area contributed by atoms with Crippen molar-refractivity contribution in [2.75, 3.05) is 27.2 Å². The Balaban J connectivity index is 2.72. The Morgan fingerprint density at radius 1 is 1.35 bits per heavy atom. The molecule has 0 aliphatic rings. The molecule has 1 N–H and O–H groups in total. The molecule has 0 aliphatic heterocycles. The van der Waals surface area contributed by atoms with Gasteiger partial charge in [-0.25, -0.2) is 0 Å². The summed E-state index contributed by atoms with van der Waals surface area (Å²) in [5.74, 6) is -0.512. The zero-order valence-electron chi connectivity index (χ0n) is 11.2. The summed E-state index contributed by atoms with van der Waals surface area (Å²) < 4.78 is 38.2. The van der Waals surface area contributed by atoms with Crippen LogP contribution in [0.4, 0.5) is 13.2 Å². The Morgan fingerprint density at radius 2 is 2.00 bits per heavy atom. The molecule has 112 valence electrons. The molecule has 0 spiro atoms. The van der Waals surface area contributed by atoms with Crippen molar-refractivity contribution in [1.82, 2.24) is 10.2 Å². The molecule has 1 aromatic carbocycles. The summed E-state index contributed by atoms with van der Waals surface area (Å²) in [4.78, 5) is 13.8. The lowest BCUT2D eigenvalue weighted by molar-refractivity contribution is -0.137. The summed E-state index contributed by atoms with van der Waals surface area (Å²) in [7, 11) is 3.82. The minimum absolute atomic E-state index is 0.00956. The van der Waals surface area contributed by atoms with Crippen molar-refractivity contribution in [3.63, 3.8) is 0 Å². The number of hydrogen-bond donors (Lipinski definition) is 1. The normalized spacial score (nSPS) is 11.8. The second-order valence-electron chi connectivity index (χ2n) is 4.61. The van der Waals surface area contributed by atoms with Gasteiger partial charge in [-0.2, -0.15) is 13.2 Å². The molecule has 0 radical (unpaired) electrons. The minimum Gasteiger partial charge on any atom is -0.352 e. The number of alkyl halides is 3. The predicted molar refractivity (Wildman–Crippen MR) is 74.6 cm³/mol. The van der Waals surface area contributed by atoms with E-state index in [4.69, 9.17) is 0 Å². The standard InChI is InChI=1S/C13H16BrF3N2O/c1-19(2)7-3-6-18-12(20)10-8-9(13(15,16)17)4-5-11(10)14/h4-5,8H,3,6-7H2,1-2H3,(H,18,20). The zero-order valence-corrected chi connectivity index (χ0v) is 12.8. The van der Waals surface area contributed by atoms with E-state index in [1.54, 1.807) is 0 Å². The van der Waals surface area contributed by atoms with Crippen LogP contribution in [0.2, 0.25) is 0 Å². The molecule has 0 saturated heterocycles. The quantitative estimate of drug-likeness (QED) is 0.825. The molecular formula is C13H16BrF3N2O. The van der Waals surface area contributed by atoms with Crippen LogP contribution >= 0.6 is 15.9 Å². The number of halogens is 4. The Bertz CT molecular complexity index is 475. The maximum absolute atomic E-state index is 12.6. The Labute approximate surface area is 124 Å². The van der Waals surface area contributed by atoms with E-state index in [1.807, 2.05) is 19.0 Å². The summed E-state index contributed by atoms with van der Waals surface area (Å²) in [5.41, 5.74) is -0.844. The molecule has 0 atom stereocenters. The fourth-order valence-corrected chi connectivity index (χ4v) is 1.99. The number of amides is 1. The van der Waals surface area contributed by atoms with E-state index in [1.165, 1.54) is 6.07 Å². The molecule has 7 heteroatoms. The van der Waals surface area contributed by atoms with E-state index in [2.05, 4.69) is 21.2 Å². The maximum atomic E-state index is 12.6. The van der Waals surface area contributed by atoms with Crippen molar-refractivity contribution in [3.8, 4) is 0 Å². The highest BCUT2D eigenvalue weighted by atomic mass is 79.9. The van der Waals surface area contributed by atoms with Gasteiger partial charge in [-0.1, -0.05) is 0 Å². The summed E-state index contributed by atoms with van der Waals surface area (Å²) >= 11 is 3.09. The molecule has 0 unspecified atom stereocenters. The molecule has 0 aliphatic carbocycles. The van der Waals surface area contributed by atoms with Gasteiger partial charge in [0.25, 0.3) is 5.91 Å². The van der Waals surface area contributed by atoms with Gasteiger partial charge in [0.2, 0.25) is 0 Å². The lowest BCUT2D eigenvalue weighted by Gasteiger charge is -2.12. The van der Waals surface area contributed by atoms with Crippen LogP contribution in [0.25, 0.3) is 0 Å². The van der Waals surface area contributed by atoms with Crippen LogP contribution < -0.4 is 5.32 Å². The highest BCUT2D eigenvalue weighted by Gasteiger charge is 2.31. The summed E-state index contributed by atoms with van der Waals surface area (Å²) in [5, 5.41) is 2.61. The van der Waals surface area contributed by atoms with E-state index in [9.17, 15) is 18.0 Å². The topological polar surface area (TPSA) is 32.3 Å². The number of hydrogen-bond acceptors (Lipinski definition) is 2. The number of carbonyl (C=O) groups is 1. The van der Waals surface area contributed by atoms with Crippen LogP contribution in [0.1, 0.15) is 22.3 Å². The van der Waals surface area contributed by atoms with E-state index in [0.717, 1.165) is 25.1 Å². The van der Waals surface area contributed by atoms with Crippen molar-refractivity contribution in [2.24, 2.45) is 0 Å². The van der Waals surface area contributed by atoms with E-state index >= 15 is 0 Å². The van der Waals surface area contributed by atoms with Crippen LogP contribution in [-0.4, -0.2) is 38.0 Å². The van der Waals surface area contributed by atoms with Gasteiger partial charge in [0.1, 0.15) is 0 Å². The maximum Gasteiger partial charge on any atom is 0.416 e. The highest BCUT2D eigenvalue weighted by Crippen LogP contribution is 2.31. The van der Waals surface area contributed by atoms with Gasteiger partial charge < -0.3 is 10.2 Å². The van der Waals surface area contributed by atoms with E-state index in [-0.39, 0.29) is 5.56 Å². The summed E-state index contributed by atoms with van der Waals surface area (Å²) in [6, 6.07) is 3.02. The van der Waals surface area contributed by atoms with Gasteiger partial charge in [-0.15, -0.1) is 0 Å². The first-order chi connectivity index (χ1) is 9.21. The molecule has 0 aromatic heterocycles. The molecule has 20 heavy (non-hydrogen) atoms. The summed E-state index contributed by atoms with van der Waals surface area (Å²) in [6.45, 7) is 1.21. The lowest BCUT2D eigenvalue weighted by Crippen LogP contribution is -2.27. The largest absolute Gasteiger partial charge is 0.416 e.